The summed E-state index contributed by atoms with van der Waals surface area (Å²) in [5.41, 5.74) is 3.61. The van der Waals surface area contributed by atoms with Crippen molar-refractivity contribution in [1.82, 2.24) is 0 Å². The molecule has 0 aliphatic carbocycles. The highest BCUT2D eigenvalue weighted by atomic mass is 16.5. The van der Waals surface area contributed by atoms with E-state index in [9.17, 15) is 20.4 Å². The number of benzene rings is 2. The van der Waals surface area contributed by atoms with E-state index in [1.807, 2.05) is 0 Å². The number of allylic oxidation sites excluding steroid dienone is 1. The van der Waals surface area contributed by atoms with Crippen LogP contribution in [0.5, 0.6) is 23.0 Å². The molecule has 2 rings (SSSR count). The third kappa shape index (κ3) is 5.63. The van der Waals surface area contributed by atoms with Gasteiger partial charge in [-0.1, -0.05) is 24.3 Å². The van der Waals surface area contributed by atoms with Crippen LogP contribution in [0.1, 0.15) is 11.1 Å². The van der Waals surface area contributed by atoms with Crippen molar-refractivity contribution in [2.45, 2.75) is 0 Å². The number of methoxy groups -OCH3 is 2. The molecule has 2 aromatic rings. The average molecular weight is 367 g/mol. The van der Waals surface area contributed by atoms with Crippen LogP contribution in [-0.2, 0) is 5.11 Å². The number of rotatable bonds is 6. The molecule has 0 saturated heterocycles. The highest BCUT2D eigenvalue weighted by Gasteiger charge is 2.01. The summed E-state index contributed by atoms with van der Waals surface area (Å²) in [5.74, 6) is -0.284. The molecule has 27 heavy (non-hydrogen) atoms. The summed E-state index contributed by atoms with van der Waals surface area (Å²) in [6, 6.07) is 9.31. The van der Waals surface area contributed by atoms with E-state index in [0.717, 1.165) is 0 Å². The minimum atomic E-state index is -0.535. The van der Waals surface area contributed by atoms with Gasteiger partial charge in [0.2, 0.25) is 5.76 Å². The first-order valence-corrected chi connectivity index (χ1v) is 7.90. The van der Waals surface area contributed by atoms with Crippen molar-refractivity contribution in [1.29, 1.82) is 0 Å². The Bertz CT molecular complexity index is 860. The zero-order chi connectivity index (χ0) is 19.8. The normalized spacial score (nSPS) is 10.7. The Hall–Kier alpha value is -3.76. The Morgan fingerprint density at radius 2 is 1.37 bits per heavy atom. The lowest BCUT2D eigenvalue weighted by Crippen LogP contribution is -1.84. The minimum Gasteiger partial charge on any atom is -0.504 e. The van der Waals surface area contributed by atoms with Crippen molar-refractivity contribution < 1.29 is 29.9 Å². The monoisotopic (exact) mass is 367 g/mol. The van der Waals surface area contributed by atoms with E-state index in [-0.39, 0.29) is 17.3 Å². The molecule has 0 unspecified atom stereocenters. The van der Waals surface area contributed by atoms with Gasteiger partial charge in [0.1, 0.15) is 0 Å². The molecular weight excluding hydrogens is 348 g/mol. The highest BCUT2D eigenvalue weighted by molar-refractivity contribution is 5.58. The number of phenolic OH excluding ortho intramolecular Hbond substituents is 2. The lowest BCUT2D eigenvalue weighted by Gasteiger charge is -2.03. The predicted molar refractivity (Wildman–Crippen MR) is 101 cm³/mol. The summed E-state index contributed by atoms with van der Waals surface area (Å²) >= 11 is 0. The van der Waals surface area contributed by atoms with Gasteiger partial charge in [-0.2, -0.15) is 0 Å². The van der Waals surface area contributed by atoms with E-state index >= 15 is 0 Å². The lowest BCUT2D eigenvalue weighted by molar-refractivity contribution is 0.314. The van der Waals surface area contributed by atoms with Crippen LogP contribution in [0.4, 0.5) is 0 Å². The van der Waals surface area contributed by atoms with Gasteiger partial charge < -0.3 is 24.8 Å². The first-order chi connectivity index (χ1) is 12.9. The van der Waals surface area contributed by atoms with Gasteiger partial charge in [0.15, 0.2) is 28.8 Å². The molecule has 1 radical (unpaired) electrons. The Kier molecular flexibility index (Phi) is 6.58. The Morgan fingerprint density at radius 3 is 1.85 bits per heavy atom. The topological polar surface area (TPSA) is 99.1 Å². The number of phenols is 2. The molecule has 0 saturated carbocycles. The third-order valence-electron chi connectivity index (χ3n) is 3.52. The summed E-state index contributed by atoms with van der Waals surface area (Å²) in [6.45, 7) is 0. The second-order valence-corrected chi connectivity index (χ2v) is 5.40. The molecule has 0 spiro atoms. The molecule has 0 aliphatic heterocycles. The Balaban J connectivity index is 2.16. The zero-order valence-electron chi connectivity index (χ0n) is 14.8. The number of hydrogen-bond donors (Lipinski definition) is 3. The highest BCUT2D eigenvalue weighted by Crippen LogP contribution is 2.27. The van der Waals surface area contributed by atoms with E-state index in [1.165, 1.54) is 44.6 Å². The van der Waals surface area contributed by atoms with Gasteiger partial charge in [0.25, 0.3) is 0 Å². The fourth-order valence-electron chi connectivity index (χ4n) is 2.15. The van der Waals surface area contributed by atoms with E-state index in [4.69, 9.17) is 9.47 Å². The summed E-state index contributed by atoms with van der Waals surface area (Å²) in [5, 5.41) is 40.7. The molecule has 0 fully saturated rings. The quantitative estimate of drug-likeness (QED) is 0.404. The summed E-state index contributed by atoms with van der Waals surface area (Å²) in [6.07, 6.45) is 5.60. The van der Waals surface area contributed by atoms with Crippen molar-refractivity contribution in [3.05, 3.63) is 76.9 Å². The van der Waals surface area contributed by atoms with Gasteiger partial charge in [-0.25, -0.2) is 0 Å². The van der Waals surface area contributed by atoms with Gasteiger partial charge in [-0.15, -0.1) is 0 Å². The second kappa shape index (κ2) is 9.08. The molecule has 139 valence electrons. The molecular formula is C21H19O6. The van der Waals surface area contributed by atoms with Gasteiger partial charge >= 0.3 is 0 Å². The van der Waals surface area contributed by atoms with Crippen molar-refractivity contribution in [2.75, 3.05) is 14.2 Å². The molecule has 2 aromatic carbocycles. The first kappa shape index (κ1) is 19.6. The van der Waals surface area contributed by atoms with Gasteiger partial charge in [-0.3, -0.25) is 5.11 Å². The zero-order valence-corrected chi connectivity index (χ0v) is 14.8. The number of aliphatic hydroxyl groups excluding tert-OH is 1. The molecule has 0 heterocycles. The number of aliphatic hydroxyl groups is 1. The first-order valence-electron chi connectivity index (χ1n) is 7.90. The molecule has 0 amide bonds. The van der Waals surface area contributed by atoms with Crippen LogP contribution < -0.4 is 9.47 Å². The van der Waals surface area contributed by atoms with Crippen LogP contribution in [0.25, 0.3) is 12.2 Å². The van der Waals surface area contributed by atoms with Crippen molar-refractivity contribution >= 4 is 12.2 Å². The van der Waals surface area contributed by atoms with Gasteiger partial charge in [0, 0.05) is 0 Å². The van der Waals surface area contributed by atoms with Crippen molar-refractivity contribution in [2.24, 2.45) is 0 Å². The maximum Gasteiger partial charge on any atom is 0.224 e. The van der Waals surface area contributed by atoms with Gasteiger partial charge in [-0.05, 0) is 53.3 Å². The molecule has 3 N–H and O–H groups in total. The lowest BCUT2D eigenvalue weighted by atomic mass is 10.1. The van der Waals surface area contributed by atoms with Gasteiger partial charge in [0.05, 0.1) is 14.2 Å². The number of ether oxygens (including phenoxy) is 2. The maximum absolute atomic E-state index is 11.9. The number of aromatic hydroxyl groups is 2. The second-order valence-electron chi connectivity index (χ2n) is 5.40. The maximum atomic E-state index is 11.9. The predicted octanol–water partition coefficient (Wildman–Crippen LogP) is 4.20. The van der Waals surface area contributed by atoms with E-state index in [2.05, 4.69) is 5.73 Å². The van der Waals surface area contributed by atoms with Crippen LogP contribution >= 0.6 is 0 Å². The van der Waals surface area contributed by atoms with E-state index < -0.39 is 5.76 Å². The molecule has 0 aliphatic rings. The minimum absolute atomic E-state index is 0.000998. The van der Waals surface area contributed by atoms with E-state index in [1.54, 1.807) is 30.3 Å². The molecule has 0 atom stereocenters. The summed E-state index contributed by atoms with van der Waals surface area (Å²) in [7, 11) is 2.86. The van der Waals surface area contributed by atoms with Crippen LogP contribution in [0.2, 0.25) is 0 Å². The summed E-state index contributed by atoms with van der Waals surface area (Å²) < 4.78 is 9.99. The van der Waals surface area contributed by atoms with Crippen LogP contribution in [-0.4, -0.2) is 29.5 Å². The fraction of sp³-hybridized carbons (Fsp3) is 0.0952. The largest absolute Gasteiger partial charge is 0.504 e. The SMILES string of the molecule is COc1cc(/C=C/C([O])=C=C(O)/C=C/c2ccc(O)c(OC)c2)ccc1O. The standard InChI is InChI=1S/C21H19O6/c1-26-20-11-14(5-9-18(20)24)3-7-16(22)13-17(23)8-4-15-6-10-19(25)21(12-15)27-2/h3-12,22,24-25H,1-2H3/b7-3+,8-4+. The fourth-order valence-corrected chi connectivity index (χ4v) is 2.15. The van der Waals surface area contributed by atoms with Crippen LogP contribution in [0.3, 0.4) is 0 Å². The average Bonchev–Trinajstić information content (AvgIpc) is 2.66. The molecule has 6 nitrogen and oxygen atoms in total. The van der Waals surface area contributed by atoms with Crippen LogP contribution in [0, 0.1) is 0 Å². The number of hydrogen-bond acceptors (Lipinski definition) is 5. The molecule has 0 bridgehead atoms. The van der Waals surface area contributed by atoms with Crippen LogP contribution in [0.15, 0.2) is 65.8 Å². The van der Waals surface area contributed by atoms with Crippen molar-refractivity contribution in [3.8, 4) is 23.0 Å². The molecule has 0 aromatic heterocycles. The van der Waals surface area contributed by atoms with E-state index in [0.29, 0.717) is 22.6 Å². The summed E-state index contributed by atoms with van der Waals surface area (Å²) in [4.78, 5) is 0. The molecule has 6 heteroatoms. The Labute approximate surface area is 156 Å². The third-order valence-corrected chi connectivity index (χ3v) is 3.52. The Morgan fingerprint density at radius 1 is 0.889 bits per heavy atom. The van der Waals surface area contributed by atoms with Crippen molar-refractivity contribution in [3.63, 3.8) is 0 Å². The smallest absolute Gasteiger partial charge is 0.224 e.